The standard InChI is InChI=1S/C15H20N4O4S2/c1-11-15(12(2)17-16-11)25(22,23)18-13-6-5-7-14(10-13)19-8-3-4-9-24(19,20)21/h5-7,10,18H,3-4,8-9H2,1-2H3,(H,16,17). The summed E-state index contributed by atoms with van der Waals surface area (Å²) in [6.45, 7) is 3.64. The maximum Gasteiger partial charge on any atom is 0.265 e. The summed E-state index contributed by atoms with van der Waals surface area (Å²) in [6.07, 6.45) is 1.42. The molecule has 25 heavy (non-hydrogen) atoms. The van der Waals surface area contributed by atoms with Crippen molar-refractivity contribution in [3.8, 4) is 0 Å². The third kappa shape index (κ3) is 3.49. The molecule has 0 saturated carbocycles. The molecule has 0 amide bonds. The van der Waals surface area contributed by atoms with Crippen molar-refractivity contribution < 1.29 is 16.8 Å². The van der Waals surface area contributed by atoms with Crippen LogP contribution in [-0.2, 0) is 20.0 Å². The molecule has 136 valence electrons. The van der Waals surface area contributed by atoms with E-state index in [0.717, 1.165) is 6.42 Å². The summed E-state index contributed by atoms with van der Waals surface area (Å²) in [5.74, 6) is 0.108. The summed E-state index contributed by atoms with van der Waals surface area (Å²) in [5, 5.41) is 6.55. The fourth-order valence-corrected chi connectivity index (χ4v) is 6.00. The lowest BCUT2D eigenvalue weighted by molar-refractivity contribution is 0.574. The highest BCUT2D eigenvalue weighted by Gasteiger charge is 2.27. The number of anilines is 2. The lowest BCUT2D eigenvalue weighted by Gasteiger charge is -2.28. The molecule has 0 spiro atoms. The van der Waals surface area contributed by atoms with Gasteiger partial charge in [-0.15, -0.1) is 0 Å². The summed E-state index contributed by atoms with van der Waals surface area (Å²) in [5.41, 5.74) is 1.58. The Morgan fingerprint density at radius 1 is 1.24 bits per heavy atom. The van der Waals surface area contributed by atoms with Crippen LogP contribution in [0.1, 0.15) is 24.2 Å². The molecule has 1 saturated heterocycles. The van der Waals surface area contributed by atoms with Gasteiger partial charge in [-0.05, 0) is 44.9 Å². The van der Waals surface area contributed by atoms with Crippen LogP contribution >= 0.6 is 0 Å². The third-order valence-corrected chi connectivity index (χ3v) is 7.58. The first-order valence-electron chi connectivity index (χ1n) is 7.85. The SMILES string of the molecule is Cc1n[nH]c(C)c1S(=O)(=O)Nc1cccc(N2CCCCS2(=O)=O)c1. The zero-order valence-electron chi connectivity index (χ0n) is 14.0. The number of aryl methyl sites for hydroxylation is 2. The first-order valence-corrected chi connectivity index (χ1v) is 10.9. The average molecular weight is 384 g/mol. The van der Waals surface area contributed by atoms with Crippen molar-refractivity contribution in [1.82, 2.24) is 10.2 Å². The van der Waals surface area contributed by atoms with E-state index in [2.05, 4.69) is 14.9 Å². The normalized spacial score (nSPS) is 17.4. The van der Waals surface area contributed by atoms with Gasteiger partial charge in [-0.2, -0.15) is 5.10 Å². The molecule has 0 atom stereocenters. The summed E-state index contributed by atoms with van der Waals surface area (Å²) in [6, 6.07) is 6.41. The number of rotatable bonds is 4. The first kappa shape index (κ1) is 17.7. The van der Waals surface area contributed by atoms with Gasteiger partial charge in [-0.1, -0.05) is 6.07 Å². The van der Waals surface area contributed by atoms with Gasteiger partial charge in [0.1, 0.15) is 4.90 Å². The molecule has 1 aliphatic rings. The molecule has 1 aliphatic heterocycles. The summed E-state index contributed by atoms with van der Waals surface area (Å²) >= 11 is 0. The number of nitrogens with zero attached hydrogens (tertiary/aromatic N) is 2. The van der Waals surface area contributed by atoms with E-state index >= 15 is 0 Å². The number of hydrogen-bond donors (Lipinski definition) is 2. The molecule has 0 bridgehead atoms. The Kier molecular flexibility index (Phi) is 4.50. The van der Waals surface area contributed by atoms with Gasteiger partial charge in [-0.25, -0.2) is 16.8 Å². The minimum absolute atomic E-state index is 0.100. The number of hydrogen-bond acceptors (Lipinski definition) is 5. The molecule has 2 aromatic rings. The fourth-order valence-electron chi connectivity index (χ4n) is 2.95. The van der Waals surface area contributed by atoms with Crippen molar-refractivity contribution >= 4 is 31.4 Å². The Bertz CT molecular complexity index is 977. The van der Waals surface area contributed by atoms with Gasteiger partial charge in [-0.3, -0.25) is 14.1 Å². The zero-order valence-corrected chi connectivity index (χ0v) is 15.6. The van der Waals surface area contributed by atoms with Crippen LogP contribution in [0.3, 0.4) is 0 Å². The van der Waals surface area contributed by atoms with Crippen LogP contribution in [0.5, 0.6) is 0 Å². The Balaban J connectivity index is 1.92. The number of sulfonamides is 2. The van der Waals surface area contributed by atoms with Gasteiger partial charge in [0.2, 0.25) is 10.0 Å². The monoisotopic (exact) mass is 384 g/mol. The molecule has 1 aromatic heterocycles. The number of nitrogens with one attached hydrogen (secondary N) is 2. The van der Waals surface area contributed by atoms with Crippen LogP contribution in [0, 0.1) is 13.8 Å². The van der Waals surface area contributed by atoms with E-state index < -0.39 is 20.0 Å². The third-order valence-electron chi connectivity index (χ3n) is 4.06. The smallest absolute Gasteiger partial charge is 0.265 e. The van der Waals surface area contributed by atoms with E-state index in [4.69, 9.17) is 0 Å². The highest BCUT2D eigenvalue weighted by molar-refractivity contribution is 7.93. The van der Waals surface area contributed by atoms with E-state index in [9.17, 15) is 16.8 Å². The van der Waals surface area contributed by atoms with Crippen molar-refractivity contribution in [3.63, 3.8) is 0 Å². The van der Waals surface area contributed by atoms with Crippen molar-refractivity contribution in [1.29, 1.82) is 0 Å². The van der Waals surface area contributed by atoms with Gasteiger partial charge in [0.25, 0.3) is 10.0 Å². The Labute approximate surface area is 147 Å². The second-order valence-corrected chi connectivity index (χ2v) is 9.65. The highest BCUT2D eigenvalue weighted by Crippen LogP contribution is 2.27. The Morgan fingerprint density at radius 2 is 2.00 bits per heavy atom. The minimum Gasteiger partial charge on any atom is -0.281 e. The molecule has 2 heterocycles. The number of benzene rings is 1. The van der Waals surface area contributed by atoms with Gasteiger partial charge >= 0.3 is 0 Å². The molecule has 1 aromatic carbocycles. The summed E-state index contributed by atoms with van der Waals surface area (Å²) < 4.78 is 53.5. The van der Waals surface area contributed by atoms with E-state index in [1.807, 2.05) is 0 Å². The van der Waals surface area contributed by atoms with Crippen molar-refractivity contribution in [3.05, 3.63) is 35.7 Å². The fraction of sp³-hybridized carbons (Fsp3) is 0.400. The number of H-pyrrole nitrogens is 1. The maximum atomic E-state index is 12.6. The lowest BCUT2D eigenvalue weighted by atomic mass is 10.2. The predicted octanol–water partition coefficient (Wildman–Crippen LogP) is 1.76. The van der Waals surface area contributed by atoms with E-state index in [0.29, 0.717) is 35.7 Å². The van der Waals surface area contributed by atoms with Crippen molar-refractivity contribution in [2.24, 2.45) is 0 Å². The maximum absolute atomic E-state index is 12.6. The largest absolute Gasteiger partial charge is 0.281 e. The van der Waals surface area contributed by atoms with Crippen LogP contribution in [0.2, 0.25) is 0 Å². The predicted molar refractivity (Wildman–Crippen MR) is 95.7 cm³/mol. The second kappa shape index (κ2) is 6.34. The number of aromatic amines is 1. The van der Waals surface area contributed by atoms with Crippen LogP contribution in [0.15, 0.2) is 29.2 Å². The van der Waals surface area contributed by atoms with Crippen molar-refractivity contribution in [2.45, 2.75) is 31.6 Å². The van der Waals surface area contributed by atoms with Crippen LogP contribution in [0.4, 0.5) is 11.4 Å². The van der Waals surface area contributed by atoms with Crippen LogP contribution in [-0.4, -0.2) is 39.3 Å². The first-order chi connectivity index (χ1) is 11.7. The van der Waals surface area contributed by atoms with Gasteiger partial charge in [0.15, 0.2) is 0 Å². The number of aromatic nitrogens is 2. The molecule has 3 rings (SSSR count). The minimum atomic E-state index is -3.82. The second-order valence-electron chi connectivity index (χ2n) is 6.01. The molecule has 1 fully saturated rings. The van der Waals surface area contributed by atoms with Crippen molar-refractivity contribution in [2.75, 3.05) is 21.3 Å². The summed E-state index contributed by atoms with van der Waals surface area (Å²) in [4.78, 5) is 0.100. The van der Waals surface area contributed by atoms with Crippen LogP contribution in [0.25, 0.3) is 0 Å². The summed E-state index contributed by atoms with van der Waals surface area (Å²) in [7, 11) is -7.17. The molecule has 0 aliphatic carbocycles. The van der Waals surface area contributed by atoms with Gasteiger partial charge in [0.05, 0.1) is 28.5 Å². The van der Waals surface area contributed by atoms with E-state index in [-0.39, 0.29) is 10.6 Å². The van der Waals surface area contributed by atoms with Gasteiger partial charge < -0.3 is 0 Å². The van der Waals surface area contributed by atoms with E-state index in [1.54, 1.807) is 32.0 Å². The Morgan fingerprint density at radius 3 is 2.64 bits per heavy atom. The highest BCUT2D eigenvalue weighted by atomic mass is 32.2. The average Bonchev–Trinajstić information content (AvgIpc) is 2.86. The Hall–Kier alpha value is -2.07. The molecular weight excluding hydrogens is 364 g/mol. The lowest BCUT2D eigenvalue weighted by Crippen LogP contribution is -2.37. The molecular formula is C15H20N4O4S2. The topological polar surface area (TPSA) is 112 Å². The molecule has 0 radical (unpaired) electrons. The van der Waals surface area contributed by atoms with Crippen LogP contribution < -0.4 is 9.03 Å². The zero-order chi connectivity index (χ0) is 18.2. The van der Waals surface area contributed by atoms with E-state index in [1.165, 1.54) is 10.4 Å². The molecule has 10 heteroatoms. The van der Waals surface area contributed by atoms with Gasteiger partial charge in [0, 0.05) is 6.54 Å². The molecule has 0 unspecified atom stereocenters. The quantitative estimate of drug-likeness (QED) is 0.834. The molecule has 2 N–H and O–H groups in total. The molecule has 8 nitrogen and oxygen atoms in total.